The molecule has 1 aliphatic rings. The van der Waals surface area contributed by atoms with Gasteiger partial charge in [0.05, 0.1) is 14.2 Å². The zero-order valence-corrected chi connectivity index (χ0v) is 12.8. The van der Waals surface area contributed by atoms with Gasteiger partial charge in [0.2, 0.25) is 5.91 Å². The summed E-state index contributed by atoms with van der Waals surface area (Å²) in [4.78, 5) is 25.8. The lowest BCUT2D eigenvalue weighted by atomic mass is 9.95. The Labute approximate surface area is 129 Å². The molecule has 7 nitrogen and oxygen atoms in total. The van der Waals surface area contributed by atoms with Crippen LogP contribution in [0.25, 0.3) is 0 Å². The zero-order chi connectivity index (χ0) is 16.1. The fourth-order valence-electron chi connectivity index (χ4n) is 2.58. The maximum atomic E-state index is 12.6. The maximum absolute atomic E-state index is 12.6. The third-order valence-corrected chi connectivity index (χ3v) is 3.89. The number of rotatable bonds is 4. The molecule has 0 unspecified atom stereocenters. The van der Waals surface area contributed by atoms with Crippen LogP contribution in [0.3, 0.4) is 0 Å². The Bertz CT molecular complexity index is 531. The van der Waals surface area contributed by atoms with Gasteiger partial charge in [-0.1, -0.05) is 0 Å². The highest BCUT2D eigenvalue weighted by Crippen LogP contribution is 2.25. The van der Waals surface area contributed by atoms with Crippen molar-refractivity contribution in [2.24, 2.45) is 11.8 Å². The van der Waals surface area contributed by atoms with E-state index in [9.17, 15) is 9.59 Å². The summed E-state index contributed by atoms with van der Waals surface area (Å²) in [5, 5.41) is 0. The topological polar surface area (TPSA) is 93.9 Å². The molecule has 22 heavy (non-hydrogen) atoms. The molecule has 2 rings (SSSR count). The summed E-state index contributed by atoms with van der Waals surface area (Å²) in [6.45, 7) is 1.05. The molecule has 0 atom stereocenters. The standard InChI is InChI=1S/C15H21N3O4/c1-21-12-7-11(8-13(9-12)22-2)15(20)18-5-3-10(4-6-18)14(19)17-16/h7-10H,3-6,16H2,1-2H3,(H,17,19). The van der Waals surface area contributed by atoms with Gasteiger partial charge in [0, 0.05) is 30.6 Å². The van der Waals surface area contributed by atoms with E-state index in [0.29, 0.717) is 43.0 Å². The summed E-state index contributed by atoms with van der Waals surface area (Å²) in [6, 6.07) is 5.08. The molecular weight excluding hydrogens is 286 g/mol. The Balaban J connectivity index is 2.08. The van der Waals surface area contributed by atoms with E-state index >= 15 is 0 Å². The van der Waals surface area contributed by atoms with Gasteiger partial charge in [0.1, 0.15) is 11.5 Å². The van der Waals surface area contributed by atoms with Crippen LogP contribution in [0.2, 0.25) is 0 Å². The molecule has 0 bridgehead atoms. The van der Waals surface area contributed by atoms with Crippen LogP contribution < -0.4 is 20.7 Å². The number of carbonyl (C=O) groups excluding carboxylic acids is 2. The summed E-state index contributed by atoms with van der Waals surface area (Å²) in [5.74, 6) is 5.89. The predicted octanol–water partition coefficient (Wildman–Crippen LogP) is 0.546. The Morgan fingerprint density at radius 2 is 1.68 bits per heavy atom. The van der Waals surface area contributed by atoms with E-state index in [0.717, 1.165) is 0 Å². The first-order valence-electron chi connectivity index (χ1n) is 7.11. The Kier molecular flexibility index (Phi) is 5.21. The summed E-state index contributed by atoms with van der Waals surface area (Å²) in [7, 11) is 3.08. The van der Waals surface area contributed by atoms with Crippen LogP contribution in [0.1, 0.15) is 23.2 Å². The number of nitrogens with zero attached hydrogens (tertiary/aromatic N) is 1. The monoisotopic (exact) mass is 307 g/mol. The minimum absolute atomic E-state index is 0.0937. The van der Waals surface area contributed by atoms with E-state index in [1.807, 2.05) is 0 Å². The van der Waals surface area contributed by atoms with Crippen LogP contribution in [-0.2, 0) is 4.79 Å². The SMILES string of the molecule is COc1cc(OC)cc(C(=O)N2CCC(C(=O)NN)CC2)c1. The van der Waals surface area contributed by atoms with Crippen LogP contribution in [-0.4, -0.2) is 44.0 Å². The first kappa shape index (κ1) is 16.1. The molecule has 0 saturated carbocycles. The van der Waals surface area contributed by atoms with E-state index in [2.05, 4.69) is 5.43 Å². The van der Waals surface area contributed by atoms with E-state index in [4.69, 9.17) is 15.3 Å². The van der Waals surface area contributed by atoms with E-state index in [-0.39, 0.29) is 17.7 Å². The van der Waals surface area contributed by atoms with E-state index in [1.54, 1.807) is 37.3 Å². The van der Waals surface area contributed by atoms with Gasteiger partial charge in [0.25, 0.3) is 5.91 Å². The molecule has 7 heteroatoms. The molecule has 120 valence electrons. The molecule has 3 N–H and O–H groups in total. The first-order valence-corrected chi connectivity index (χ1v) is 7.11. The molecule has 1 aliphatic heterocycles. The van der Waals surface area contributed by atoms with Gasteiger partial charge in [-0.15, -0.1) is 0 Å². The molecule has 0 aromatic heterocycles. The lowest BCUT2D eigenvalue weighted by molar-refractivity contribution is -0.126. The summed E-state index contributed by atoms with van der Waals surface area (Å²) in [6.07, 6.45) is 1.21. The zero-order valence-electron chi connectivity index (χ0n) is 12.8. The number of methoxy groups -OCH3 is 2. The molecule has 1 aromatic carbocycles. The maximum Gasteiger partial charge on any atom is 0.254 e. The second-order valence-electron chi connectivity index (χ2n) is 5.18. The Hall–Kier alpha value is -2.28. The quantitative estimate of drug-likeness (QED) is 0.481. The number of hydrazine groups is 1. The van der Waals surface area contributed by atoms with Gasteiger partial charge in [-0.25, -0.2) is 5.84 Å². The van der Waals surface area contributed by atoms with Crippen LogP contribution in [0.15, 0.2) is 18.2 Å². The number of piperidine rings is 1. The summed E-state index contributed by atoms with van der Waals surface area (Å²) < 4.78 is 10.4. The van der Waals surface area contributed by atoms with Crippen molar-refractivity contribution in [2.45, 2.75) is 12.8 Å². The third-order valence-electron chi connectivity index (χ3n) is 3.89. The van der Waals surface area contributed by atoms with Crippen LogP contribution in [0, 0.1) is 5.92 Å². The van der Waals surface area contributed by atoms with Crippen molar-refractivity contribution in [3.8, 4) is 11.5 Å². The van der Waals surface area contributed by atoms with E-state index in [1.165, 1.54) is 0 Å². The summed E-state index contributed by atoms with van der Waals surface area (Å²) in [5.41, 5.74) is 2.68. The highest BCUT2D eigenvalue weighted by Gasteiger charge is 2.27. The lowest BCUT2D eigenvalue weighted by Gasteiger charge is -2.31. The molecule has 1 aromatic rings. The second-order valence-corrected chi connectivity index (χ2v) is 5.18. The van der Waals surface area contributed by atoms with Gasteiger partial charge in [0.15, 0.2) is 0 Å². The van der Waals surface area contributed by atoms with Crippen molar-refractivity contribution >= 4 is 11.8 Å². The van der Waals surface area contributed by atoms with Crippen LogP contribution in [0.4, 0.5) is 0 Å². The average molecular weight is 307 g/mol. The number of benzene rings is 1. The molecule has 0 aliphatic carbocycles. The molecule has 1 fully saturated rings. The van der Waals surface area contributed by atoms with Gasteiger partial charge in [-0.05, 0) is 25.0 Å². The molecule has 1 heterocycles. The van der Waals surface area contributed by atoms with Crippen LogP contribution >= 0.6 is 0 Å². The molecule has 1 saturated heterocycles. The third kappa shape index (κ3) is 3.48. The average Bonchev–Trinajstić information content (AvgIpc) is 2.59. The number of ether oxygens (including phenoxy) is 2. The Morgan fingerprint density at radius 1 is 1.14 bits per heavy atom. The fourth-order valence-corrected chi connectivity index (χ4v) is 2.58. The molecular formula is C15H21N3O4. The van der Waals surface area contributed by atoms with Gasteiger partial charge < -0.3 is 14.4 Å². The molecule has 2 amide bonds. The van der Waals surface area contributed by atoms with Crippen molar-refractivity contribution in [3.63, 3.8) is 0 Å². The smallest absolute Gasteiger partial charge is 0.254 e. The van der Waals surface area contributed by atoms with Crippen molar-refractivity contribution in [1.29, 1.82) is 0 Å². The number of amides is 2. The number of nitrogens with two attached hydrogens (primary N) is 1. The van der Waals surface area contributed by atoms with E-state index < -0.39 is 0 Å². The number of hydrogen-bond acceptors (Lipinski definition) is 5. The van der Waals surface area contributed by atoms with Crippen molar-refractivity contribution in [3.05, 3.63) is 23.8 Å². The minimum atomic E-state index is -0.171. The minimum Gasteiger partial charge on any atom is -0.497 e. The van der Waals surface area contributed by atoms with Gasteiger partial charge >= 0.3 is 0 Å². The lowest BCUT2D eigenvalue weighted by Crippen LogP contribution is -2.44. The first-order chi connectivity index (χ1) is 10.6. The molecule has 0 radical (unpaired) electrons. The van der Waals surface area contributed by atoms with Gasteiger partial charge in [-0.3, -0.25) is 15.0 Å². The Morgan fingerprint density at radius 3 is 2.14 bits per heavy atom. The number of carbonyl (C=O) groups is 2. The fraction of sp³-hybridized carbons (Fsp3) is 0.467. The summed E-state index contributed by atoms with van der Waals surface area (Å²) >= 11 is 0. The van der Waals surface area contributed by atoms with Crippen LogP contribution in [0.5, 0.6) is 11.5 Å². The number of hydrogen-bond donors (Lipinski definition) is 2. The highest BCUT2D eigenvalue weighted by atomic mass is 16.5. The number of likely N-dealkylation sites (tertiary alicyclic amines) is 1. The van der Waals surface area contributed by atoms with Gasteiger partial charge in [-0.2, -0.15) is 0 Å². The number of nitrogens with one attached hydrogen (secondary N) is 1. The van der Waals surface area contributed by atoms with Crippen molar-refractivity contribution in [2.75, 3.05) is 27.3 Å². The van der Waals surface area contributed by atoms with Crippen molar-refractivity contribution in [1.82, 2.24) is 10.3 Å². The normalized spacial score (nSPS) is 15.3. The molecule has 0 spiro atoms. The largest absolute Gasteiger partial charge is 0.497 e. The van der Waals surface area contributed by atoms with Crippen molar-refractivity contribution < 1.29 is 19.1 Å². The second kappa shape index (κ2) is 7.13. The highest BCUT2D eigenvalue weighted by molar-refractivity contribution is 5.95. The predicted molar refractivity (Wildman–Crippen MR) is 80.5 cm³/mol.